The fourth-order valence-electron chi connectivity index (χ4n) is 3.13. The van der Waals surface area contributed by atoms with Crippen LogP contribution in [0.25, 0.3) is 0 Å². The maximum Gasteiger partial charge on any atom is 0.0616 e. The van der Waals surface area contributed by atoms with E-state index in [1.807, 2.05) is 0 Å². The summed E-state index contributed by atoms with van der Waals surface area (Å²) in [6.07, 6.45) is 9.97. The van der Waals surface area contributed by atoms with E-state index in [0.717, 1.165) is 35.1 Å². The third-order valence-electron chi connectivity index (χ3n) is 4.83. The van der Waals surface area contributed by atoms with Gasteiger partial charge >= 0.3 is 0 Å². The molecule has 2 nitrogen and oxygen atoms in total. The van der Waals surface area contributed by atoms with E-state index >= 15 is 0 Å². The van der Waals surface area contributed by atoms with Gasteiger partial charge in [0.15, 0.2) is 0 Å². The highest BCUT2D eigenvalue weighted by molar-refractivity contribution is 9.13. The van der Waals surface area contributed by atoms with Gasteiger partial charge in [0, 0.05) is 35.1 Å². The third-order valence-corrected chi connectivity index (χ3v) is 6.67. The van der Waals surface area contributed by atoms with Crippen LogP contribution >= 0.6 is 31.9 Å². The van der Waals surface area contributed by atoms with E-state index in [1.165, 1.54) is 62.7 Å². The maximum absolute atomic E-state index is 3.75. The van der Waals surface area contributed by atoms with Crippen LogP contribution in [0.15, 0.2) is 21.1 Å². The molecule has 1 aromatic carbocycles. The molecule has 0 aliphatic rings. The number of unbranched alkanes of at least 4 members (excludes halogenated alkanes) is 4. The minimum Gasteiger partial charge on any atom is -0.370 e. The van der Waals surface area contributed by atoms with E-state index in [-0.39, 0.29) is 0 Å². The van der Waals surface area contributed by atoms with E-state index in [4.69, 9.17) is 0 Å². The van der Waals surface area contributed by atoms with Crippen molar-refractivity contribution < 1.29 is 0 Å². The van der Waals surface area contributed by atoms with Crippen molar-refractivity contribution in [2.24, 2.45) is 0 Å². The minimum atomic E-state index is 1.15. The van der Waals surface area contributed by atoms with Crippen LogP contribution in [0, 0.1) is 0 Å². The number of hydrogen-bond acceptors (Lipinski definition) is 2. The summed E-state index contributed by atoms with van der Waals surface area (Å²) in [5.74, 6) is 0. The van der Waals surface area contributed by atoms with Crippen molar-refractivity contribution in [1.82, 2.24) is 0 Å². The Hall–Kier alpha value is -0.220. The molecule has 0 radical (unpaired) electrons. The largest absolute Gasteiger partial charge is 0.370 e. The van der Waals surface area contributed by atoms with E-state index in [1.54, 1.807) is 0 Å². The van der Waals surface area contributed by atoms with Crippen LogP contribution in [-0.4, -0.2) is 26.2 Å². The average Bonchev–Trinajstić information content (AvgIpc) is 2.64. The Morgan fingerprint density at radius 1 is 0.577 bits per heavy atom. The zero-order valence-electron chi connectivity index (χ0n) is 17.3. The van der Waals surface area contributed by atoms with Crippen LogP contribution in [0.4, 0.5) is 11.4 Å². The van der Waals surface area contributed by atoms with Gasteiger partial charge in [0.1, 0.15) is 0 Å². The van der Waals surface area contributed by atoms with Gasteiger partial charge in [-0.1, -0.05) is 53.4 Å². The summed E-state index contributed by atoms with van der Waals surface area (Å²) in [5, 5.41) is 0. The lowest BCUT2D eigenvalue weighted by atomic mass is 10.1. The quantitative estimate of drug-likeness (QED) is 0.261. The van der Waals surface area contributed by atoms with E-state index in [2.05, 4.69) is 81.5 Å². The second kappa shape index (κ2) is 13.9. The Labute approximate surface area is 179 Å². The topological polar surface area (TPSA) is 6.48 Å². The predicted molar refractivity (Wildman–Crippen MR) is 126 cm³/mol. The van der Waals surface area contributed by atoms with Gasteiger partial charge in [-0.3, -0.25) is 0 Å². The molecule has 0 fully saturated rings. The van der Waals surface area contributed by atoms with Crippen molar-refractivity contribution in [3.05, 3.63) is 21.1 Å². The van der Waals surface area contributed by atoms with Crippen LogP contribution in [0.2, 0.25) is 0 Å². The predicted octanol–water partition coefficient (Wildman–Crippen LogP) is 8.02. The Bertz CT molecular complexity index is 444. The molecule has 0 amide bonds. The maximum atomic E-state index is 3.75. The molecule has 150 valence electrons. The molecule has 0 aromatic heterocycles. The van der Waals surface area contributed by atoms with Gasteiger partial charge in [0.25, 0.3) is 0 Å². The smallest absolute Gasteiger partial charge is 0.0616 e. The molecular formula is C22H38Br2N2. The van der Waals surface area contributed by atoms with Gasteiger partial charge in [0.2, 0.25) is 0 Å². The number of halogens is 2. The lowest BCUT2D eigenvalue weighted by Gasteiger charge is -2.33. The molecule has 0 atom stereocenters. The van der Waals surface area contributed by atoms with Crippen LogP contribution in [-0.2, 0) is 0 Å². The van der Waals surface area contributed by atoms with E-state index in [0.29, 0.717) is 0 Å². The number of nitrogens with zero attached hydrogens (tertiary/aromatic N) is 2. The molecule has 4 heteroatoms. The monoisotopic (exact) mass is 488 g/mol. The molecule has 0 N–H and O–H groups in total. The zero-order valence-corrected chi connectivity index (χ0v) is 20.5. The summed E-state index contributed by atoms with van der Waals surface area (Å²) in [5.41, 5.74) is 2.79. The standard InChI is InChI=1S/C22H38Br2N2/c1-5-9-13-25(14-10-6-2)21-17-19(23)20(24)18-22(21)26(15-11-7-3)16-12-8-4/h17-18H,5-16H2,1-4H3. The molecule has 1 rings (SSSR count). The summed E-state index contributed by atoms with van der Waals surface area (Å²) in [6.45, 7) is 13.7. The molecule has 0 aliphatic carbocycles. The Morgan fingerprint density at radius 2 is 0.846 bits per heavy atom. The first-order chi connectivity index (χ1) is 12.6. The lowest BCUT2D eigenvalue weighted by Crippen LogP contribution is -2.31. The molecule has 0 unspecified atom stereocenters. The van der Waals surface area contributed by atoms with Crippen LogP contribution in [0.1, 0.15) is 79.1 Å². The van der Waals surface area contributed by atoms with E-state index in [9.17, 15) is 0 Å². The SMILES string of the molecule is CCCCN(CCCC)c1cc(Br)c(Br)cc1N(CCCC)CCCC. The molecule has 0 bridgehead atoms. The molecule has 0 heterocycles. The van der Waals surface area contributed by atoms with Gasteiger partial charge in [-0.05, 0) is 69.7 Å². The van der Waals surface area contributed by atoms with Crippen molar-refractivity contribution in [3.63, 3.8) is 0 Å². The first-order valence-corrected chi connectivity index (χ1v) is 12.2. The van der Waals surface area contributed by atoms with Gasteiger partial charge < -0.3 is 9.80 Å². The van der Waals surface area contributed by atoms with Crippen LogP contribution < -0.4 is 9.80 Å². The Balaban J connectivity index is 3.25. The summed E-state index contributed by atoms with van der Waals surface area (Å²) in [4.78, 5) is 5.23. The van der Waals surface area contributed by atoms with Gasteiger partial charge in [-0.25, -0.2) is 0 Å². The van der Waals surface area contributed by atoms with Crippen molar-refractivity contribution >= 4 is 43.2 Å². The van der Waals surface area contributed by atoms with Crippen molar-refractivity contribution in [2.75, 3.05) is 36.0 Å². The molecule has 1 aromatic rings. The fourth-order valence-corrected chi connectivity index (χ4v) is 3.80. The number of anilines is 2. The average molecular weight is 490 g/mol. The second-order valence-corrected chi connectivity index (χ2v) is 8.85. The summed E-state index contributed by atoms with van der Waals surface area (Å²) < 4.78 is 2.31. The molecule has 26 heavy (non-hydrogen) atoms. The van der Waals surface area contributed by atoms with Gasteiger partial charge in [-0.15, -0.1) is 0 Å². The molecule has 0 saturated carbocycles. The molecule has 0 aliphatic heterocycles. The minimum absolute atomic E-state index is 1.15. The summed E-state index contributed by atoms with van der Waals surface area (Å²) in [6, 6.07) is 4.66. The Morgan fingerprint density at radius 3 is 1.08 bits per heavy atom. The third kappa shape index (κ3) is 7.80. The Kier molecular flexibility index (Phi) is 12.7. The number of benzene rings is 1. The van der Waals surface area contributed by atoms with Gasteiger partial charge in [-0.2, -0.15) is 0 Å². The summed E-state index contributed by atoms with van der Waals surface area (Å²) >= 11 is 7.49. The van der Waals surface area contributed by atoms with Crippen molar-refractivity contribution in [2.45, 2.75) is 79.1 Å². The highest BCUT2D eigenvalue weighted by Gasteiger charge is 2.18. The number of rotatable bonds is 14. The highest BCUT2D eigenvalue weighted by atomic mass is 79.9. The molecular weight excluding hydrogens is 452 g/mol. The van der Waals surface area contributed by atoms with Crippen molar-refractivity contribution in [3.8, 4) is 0 Å². The zero-order chi connectivity index (χ0) is 19.4. The van der Waals surface area contributed by atoms with Crippen LogP contribution in [0.3, 0.4) is 0 Å². The lowest BCUT2D eigenvalue weighted by molar-refractivity contribution is 0.662. The normalized spacial score (nSPS) is 11.0. The fraction of sp³-hybridized carbons (Fsp3) is 0.727. The van der Waals surface area contributed by atoms with E-state index < -0.39 is 0 Å². The first kappa shape index (κ1) is 23.8. The van der Waals surface area contributed by atoms with Crippen molar-refractivity contribution in [1.29, 1.82) is 0 Å². The summed E-state index contributed by atoms with van der Waals surface area (Å²) in [7, 11) is 0. The molecule has 0 saturated heterocycles. The van der Waals surface area contributed by atoms with Crippen LogP contribution in [0.5, 0.6) is 0 Å². The molecule has 0 spiro atoms. The highest BCUT2D eigenvalue weighted by Crippen LogP contribution is 2.38. The van der Waals surface area contributed by atoms with Gasteiger partial charge in [0.05, 0.1) is 11.4 Å². The second-order valence-electron chi connectivity index (χ2n) is 7.14. The number of hydrogen-bond donors (Lipinski definition) is 0. The first-order valence-electron chi connectivity index (χ1n) is 10.6.